The monoisotopic (exact) mass is 224 g/mol. The molecule has 2 bridgehead atoms. The van der Waals surface area contributed by atoms with Gasteiger partial charge < -0.3 is 0 Å². The molecule has 4 rings (SSSR count). The molecule has 0 saturated heterocycles. The van der Waals surface area contributed by atoms with E-state index in [0.717, 1.165) is 17.1 Å². The molecule has 17 heavy (non-hydrogen) atoms. The molecule has 0 radical (unpaired) electrons. The van der Waals surface area contributed by atoms with Crippen LogP contribution >= 0.6 is 0 Å². The summed E-state index contributed by atoms with van der Waals surface area (Å²) in [5.74, 6) is 2.82. The molecule has 2 fully saturated rings. The van der Waals surface area contributed by atoms with Gasteiger partial charge in [0.2, 0.25) is 0 Å². The fraction of sp³-hybridized carbons (Fsp3) is 0.438. The number of hydrogen-bond acceptors (Lipinski definition) is 1. The van der Waals surface area contributed by atoms with Gasteiger partial charge in [0.25, 0.3) is 0 Å². The average Bonchev–Trinajstić information content (AvgIpc) is 3.03. The Hall–Kier alpha value is -1.37. The molecule has 3 aliphatic rings. The van der Waals surface area contributed by atoms with Crippen molar-refractivity contribution in [3.8, 4) is 0 Å². The molecule has 2 saturated carbocycles. The minimum Gasteiger partial charge on any atom is -0.294 e. The predicted octanol–water partition coefficient (Wildman–Crippen LogP) is 3.32. The topological polar surface area (TPSA) is 17.1 Å². The van der Waals surface area contributed by atoms with E-state index in [0.29, 0.717) is 23.5 Å². The molecular weight excluding hydrogens is 208 g/mol. The van der Waals surface area contributed by atoms with Crippen molar-refractivity contribution >= 4 is 11.4 Å². The number of Topliss-reactive ketones (excluding diaryl/α,β-unsaturated/α-hetero) is 1. The third-order valence-corrected chi connectivity index (χ3v) is 4.99. The highest BCUT2D eigenvalue weighted by Crippen LogP contribution is 2.57. The lowest BCUT2D eigenvalue weighted by Crippen LogP contribution is -2.23. The van der Waals surface area contributed by atoms with Gasteiger partial charge in [-0.25, -0.2) is 0 Å². The fourth-order valence-corrected chi connectivity index (χ4v) is 4.27. The van der Waals surface area contributed by atoms with Crippen molar-refractivity contribution in [3.05, 3.63) is 42.0 Å². The van der Waals surface area contributed by atoms with Gasteiger partial charge in [0.15, 0.2) is 5.78 Å². The van der Waals surface area contributed by atoms with Crippen molar-refractivity contribution in [3.63, 3.8) is 0 Å². The van der Waals surface area contributed by atoms with Crippen LogP contribution in [-0.2, 0) is 4.79 Å². The second kappa shape index (κ2) is 3.32. The Labute approximate surface area is 102 Å². The third-order valence-electron chi connectivity index (χ3n) is 4.99. The van der Waals surface area contributed by atoms with E-state index in [-0.39, 0.29) is 0 Å². The maximum absolute atomic E-state index is 12.5. The van der Waals surface area contributed by atoms with Gasteiger partial charge in [-0.15, -0.1) is 0 Å². The first kappa shape index (κ1) is 9.64. The Morgan fingerprint density at radius 2 is 1.76 bits per heavy atom. The average molecular weight is 224 g/mol. The standard InChI is InChI=1S/C16H16O/c17-16-14(10-4-2-1-3-5-10)9-13-11-6-7-12(8-11)15(13)16/h1-5,9,11-13,15H,6-8H2/t11?,12?,13-,15+/m0/s1. The molecule has 0 heterocycles. The van der Waals surface area contributed by atoms with Crippen molar-refractivity contribution in [2.24, 2.45) is 23.7 Å². The molecule has 0 aliphatic heterocycles. The minimum absolute atomic E-state index is 0.337. The molecule has 0 aromatic heterocycles. The zero-order chi connectivity index (χ0) is 11.4. The van der Waals surface area contributed by atoms with E-state index in [9.17, 15) is 4.79 Å². The van der Waals surface area contributed by atoms with Gasteiger partial charge in [-0.1, -0.05) is 36.4 Å². The molecule has 1 aromatic rings. The third kappa shape index (κ3) is 1.23. The van der Waals surface area contributed by atoms with E-state index in [1.54, 1.807) is 0 Å². The van der Waals surface area contributed by atoms with Crippen LogP contribution in [0.2, 0.25) is 0 Å². The number of fused-ring (bicyclic) bond motifs is 5. The first-order valence-corrected chi connectivity index (χ1v) is 6.66. The highest BCUT2D eigenvalue weighted by Gasteiger charge is 2.53. The summed E-state index contributed by atoms with van der Waals surface area (Å²) in [5, 5.41) is 0. The van der Waals surface area contributed by atoms with Crippen molar-refractivity contribution in [2.75, 3.05) is 0 Å². The van der Waals surface area contributed by atoms with E-state index in [1.807, 2.05) is 18.2 Å². The largest absolute Gasteiger partial charge is 0.294 e. The Morgan fingerprint density at radius 3 is 2.53 bits per heavy atom. The normalized spacial score (nSPS) is 38.4. The van der Waals surface area contributed by atoms with Crippen LogP contribution in [0.3, 0.4) is 0 Å². The van der Waals surface area contributed by atoms with Gasteiger partial charge in [0, 0.05) is 11.5 Å². The second-order valence-electron chi connectivity index (χ2n) is 5.75. The molecule has 0 spiro atoms. The summed E-state index contributed by atoms with van der Waals surface area (Å²) in [7, 11) is 0. The Balaban J connectivity index is 1.75. The van der Waals surface area contributed by atoms with E-state index in [1.165, 1.54) is 19.3 Å². The lowest BCUT2D eigenvalue weighted by Gasteiger charge is -2.22. The van der Waals surface area contributed by atoms with Crippen molar-refractivity contribution in [1.29, 1.82) is 0 Å². The first-order valence-electron chi connectivity index (χ1n) is 6.66. The second-order valence-corrected chi connectivity index (χ2v) is 5.75. The summed E-state index contributed by atoms with van der Waals surface area (Å²) in [4.78, 5) is 12.5. The summed E-state index contributed by atoms with van der Waals surface area (Å²) in [6.45, 7) is 0. The van der Waals surface area contributed by atoms with Gasteiger partial charge in [-0.05, 0) is 42.6 Å². The Bertz CT molecular complexity index is 500. The van der Waals surface area contributed by atoms with Crippen LogP contribution < -0.4 is 0 Å². The molecule has 0 amide bonds. The number of carbonyl (C=O) groups excluding carboxylic acids is 1. The zero-order valence-electron chi connectivity index (χ0n) is 9.80. The minimum atomic E-state index is 0.337. The number of allylic oxidation sites excluding steroid dienone is 2. The van der Waals surface area contributed by atoms with Crippen LogP contribution in [0.25, 0.3) is 5.57 Å². The molecule has 1 nitrogen and oxygen atoms in total. The predicted molar refractivity (Wildman–Crippen MR) is 67.2 cm³/mol. The molecule has 0 N–H and O–H groups in total. The van der Waals surface area contributed by atoms with Crippen LogP contribution in [-0.4, -0.2) is 5.78 Å². The smallest absolute Gasteiger partial charge is 0.167 e. The molecule has 1 heteroatoms. The lowest BCUT2D eigenvalue weighted by molar-refractivity contribution is -0.118. The number of ketones is 1. The van der Waals surface area contributed by atoms with Gasteiger partial charge in [0.05, 0.1) is 0 Å². The number of hydrogen-bond donors (Lipinski definition) is 0. The summed E-state index contributed by atoms with van der Waals surface area (Å²) in [6, 6.07) is 10.2. The van der Waals surface area contributed by atoms with Crippen molar-refractivity contribution < 1.29 is 4.79 Å². The lowest BCUT2D eigenvalue weighted by atomic mass is 9.81. The molecule has 86 valence electrons. The quantitative estimate of drug-likeness (QED) is 0.715. The maximum Gasteiger partial charge on any atom is 0.167 e. The maximum atomic E-state index is 12.5. The van der Waals surface area contributed by atoms with Gasteiger partial charge in [-0.2, -0.15) is 0 Å². The van der Waals surface area contributed by atoms with Crippen molar-refractivity contribution in [2.45, 2.75) is 19.3 Å². The number of carbonyl (C=O) groups is 1. The SMILES string of the molecule is O=C1C(c2ccccc2)=C[C@H]2C3CCC(C3)[C@@H]12. The highest BCUT2D eigenvalue weighted by molar-refractivity contribution is 6.24. The Kier molecular flexibility index (Phi) is 1.88. The van der Waals surface area contributed by atoms with Crippen LogP contribution in [0.5, 0.6) is 0 Å². The molecule has 1 aromatic carbocycles. The molecule has 3 aliphatic carbocycles. The summed E-state index contributed by atoms with van der Waals surface area (Å²) < 4.78 is 0. The van der Waals surface area contributed by atoms with Gasteiger partial charge >= 0.3 is 0 Å². The Morgan fingerprint density at radius 1 is 1.00 bits per heavy atom. The van der Waals surface area contributed by atoms with Gasteiger partial charge in [-0.3, -0.25) is 4.79 Å². The zero-order valence-corrected chi connectivity index (χ0v) is 9.80. The van der Waals surface area contributed by atoms with Crippen molar-refractivity contribution in [1.82, 2.24) is 0 Å². The van der Waals surface area contributed by atoms with E-state index in [4.69, 9.17) is 0 Å². The van der Waals surface area contributed by atoms with Crippen LogP contribution in [0.1, 0.15) is 24.8 Å². The first-order chi connectivity index (χ1) is 8.34. The number of benzene rings is 1. The molecular formula is C16H16O. The van der Waals surface area contributed by atoms with Crippen LogP contribution in [0.15, 0.2) is 36.4 Å². The summed E-state index contributed by atoms with van der Waals surface area (Å²) in [5.41, 5.74) is 2.11. The van der Waals surface area contributed by atoms with E-state index >= 15 is 0 Å². The highest BCUT2D eigenvalue weighted by atomic mass is 16.1. The molecule has 4 atom stereocenters. The fourth-order valence-electron chi connectivity index (χ4n) is 4.27. The van der Waals surface area contributed by atoms with Crippen LogP contribution in [0, 0.1) is 23.7 Å². The summed E-state index contributed by atoms with van der Waals surface area (Å²) >= 11 is 0. The van der Waals surface area contributed by atoms with Crippen LogP contribution in [0.4, 0.5) is 0 Å². The molecule has 2 unspecified atom stereocenters. The van der Waals surface area contributed by atoms with E-state index < -0.39 is 0 Å². The van der Waals surface area contributed by atoms with Gasteiger partial charge in [0.1, 0.15) is 0 Å². The number of rotatable bonds is 1. The van der Waals surface area contributed by atoms with E-state index in [2.05, 4.69) is 18.2 Å². The summed E-state index contributed by atoms with van der Waals surface area (Å²) in [6.07, 6.45) is 6.22.